The maximum absolute atomic E-state index is 12.6. The molecule has 8 heteroatoms. The summed E-state index contributed by atoms with van der Waals surface area (Å²) in [5, 5.41) is -0.551. The number of ether oxygens (including phenoxy) is 2. The summed E-state index contributed by atoms with van der Waals surface area (Å²) in [6, 6.07) is 7.13. The van der Waals surface area contributed by atoms with Gasteiger partial charge in [-0.15, -0.1) is 0 Å². The molecular weight excluding hydrogens is 297 g/mol. The molecule has 0 N–H and O–H groups in total. The van der Waals surface area contributed by atoms with Crippen molar-refractivity contribution in [3.8, 4) is 17.4 Å². The smallest absolute Gasteiger partial charge is 0.433 e. The molecule has 0 fully saturated rings. The van der Waals surface area contributed by atoms with Crippen molar-refractivity contribution in [1.82, 2.24) is 9.97 Å². The number of hydrogen-bond donors (Lipinski definition) is 0. The normalized spacial score (nSPS) is 11.2. The van der Waals surface area contributed by atoms with E-state index in [0.29, 0.717) is 11.8 Å². The van der Waals surface area contributed by atoms with Gasteiger partial charge in [0.05, 0.1) is 7.11 Å². The van der Waals surface area contributed by atoms with E-state index in [1.165, 1.54) is 13.2 Å². The molecule has 20 heavy (non-hydrogen) atoms. The number of hydrogen-bond acceptors (Lipinski definition) is 4. The summed E-state index contributed by atoms with van der Waals surface area (Å²) in [5.74, 6) is 0.260. The van der Waals surface area contributed by atoms with E-state index in [4.69, 9.17) is 21.1 Å². The van der Waals surface area contributed by atoms with Gasteiger partial charge in [0.2, 0.25) is 11.2 Å². The van der Waals surface area contributed by atoms with Crippen LogP contribution in [-0.2, 0) is 6.18 Å². The van der Waals surface area contributed by atoms with E-state index in [1.54, 1.807) is 18.2 Å². The quantitative estimate of drug-likeness (QED) is 0.805. The van der Waals surface area contributed by atoms with Gasteiger partial charge in [0, 0.05) is 6.07 Å². The van der Waals surface area contributed by atoms with Crippen LogP contribution in [0.1, 0.15) is 5.69 Å². The van der Waals surface area contributed by atoms with Crippen LogP contribution in [0.4, 0.5) is 13.2 Å². The van der Waals surface area contributed by atoms with E-state index in [2.05, 4.69) is 9.97 Å². The first-order valence-electron chi connectivity index (χ1n) is 5.33. The van der Waals surface area contributed by atoms with Gasteiger partial charge >= 0.3 is 6.18 Å². The molecule has 0 unspecified atom stereocenters. The van der Waals surface area contributed by atoms with Gasteiger partial charge in [0.25, 0.3) is 0 Å². The Morgan fingerprint density at radius 3 is 2.35 bits per heavy atom. The highest BCUT2D eigenvalue weighted by Gasteiger charge is 2.34. The molecule has 2 aromatic rings. The average Bonchev–Trinajstić information content (AvgIpc) is 2.37. The van der Waals surface area contributed by atoms with Gasteiger partial charge in [0.15, 0.2) is 17.2 Å². The highest BCUT2D eigenvalue weighted by Crippen LogP contribution is 2.34. The molecule has 1 aromatic carbocycles. The molecule has 106 valence electrons. The van der Waals surface area contributed by atoms with Crippen LogP contribution in [-0.4, -0.2) is 17.1 Å². The Kier molecular flexibility index (Phi) is 3.99. The Morgan fingerprint density at radius 2 is 1.75 bits per heavy atom. The summed E-state index contributed by atoms with van der Waals surface area (Å²) in [5.41, 5.74) is -1.18. The minimum Gasteiger partial charge on any atom is -0.493 e. The van der Waals surface area contributed by atoms with Crippen LogP contribution in [0.3, 0.4) is 0 Å². The zero-order valence-corrected chi connectivity index (χ0v) is 10.9. The van der Waals surface area contributed by atoms with Gasteiger partial charge in [-0.2, -0.15) is 18.2 Å². The minimum absolute atomic E-state index is 0.220. The summed E-state index contributed by atoms with van der Waals surface area (Å²) in [6.07, 6.45) is -4.63. The fraction of sp³-hybridized carbons (Fsp3) is 0.167. The van der Waals surface area contributed by atoms with Gasteiger partial charge in [0.1, 0.15) is 0 Å². The standard InChI is InChI=1S/C12H8ClF3N2O2/c1-19-7-4-2-3-5-8(7)20-10-6-9(12(14,15)16)17-11(13)18-10/h2-6H,1H3. The minimum atomic E-state index is -4.63. The van der Waals surface area contributed by atoms with Gasteiger partial charge in [-0.25, -0.2) is 4.98 Å². The number of methoxy groups -OCH3 is 1. The van der Waals surface area contributed by atoms with Gasteiger partial charge in [-0.1, -0.05) is 12.1 Å². The van der Waals surface area contributed by atoms with E-state index < -0.39 is 17.2 Å². The van der Waals surface area contributed by atoms with E-state index in [1.807, 2.05) is 0 Å². The number of rotatable bonds is 3. The summed E-state index contributed by atoms with van der Waals surface area (Å²) in [6.45, 7) is 0. The maximum atomic E-state index is 12.6. The Labute approximate surface area is 117 Å². The van der Waals surface area contributed by atoms with Gasteiger partial charge in [-0.3, -0.25) is 0 Å². The fourth-order valence-corrected chi connectivity index (χ4v) is 1.58. The first-order chi connectivity index (χ1) is 9.40. The topological polar surface area (TPSA) is 44.2 Å². The Hall–Kier alpha value is -2.02. The summed E-state index contributed by atoms with van der Waals surface area (Å²) in [7, 11) is 1.41. The Bertz CT molecular complexity index is 620. The first kappa shape index (κ1) is 14.4. The number of aromatic nitrogens is 2. The molecule has 1 aromatic heterocycles. The van der Waals surface area contributed by atoms with Crippen molar-refractivity contribution in [2.24, 2.45) is 0 Å². The molecule has 0 aliphatic carbocycles. The van der Waals surface area contributed by atoms with Crippen LogP contribution in [0.2, 0.25) is 5.28 Å². The Morgan fingerprint density at radius 1 is 1.10 bits per heavy atom. The molecule has 0 saturated carbocycles. The number of halogens is 4. The number of benzene rings is 1. The monoisotopic (exact) mass is 304 g/mol. The predicted molar refractivity (Wildman–Crippen MR) is 65.1 cm³/mol. The summed E-state index contributed by atoms with van der Waals surface area (Å²) in [4.78, 5) is 6.70. The summed E-state index contributed by atoms with van der Waals surface area (Å²) < 4.78 is 48.1. The lowest BCUT2D eigenvalue weighted by Gasteiger charge is -2.11. The lowest BCUT2D eigenvalue weighted by atomic mass is 10.3. The largest absolute Gasteiger partial charge is 0.493 e. The number of alkyl halides is 3. The van der Waals surface area contributed by atoms with Crippen LogP contribution in [0.15, 0.2) is 30.3 Å². The third-order valence-corrected chi connectivity index (χ3v) is 2.42. The molecule has 0 spiro atoms. The highest BCUT2D eigenvalue weighted by molar-refractivity contribution is 6.28. The lowest BCUT2D eigenvalue weighted by Crippen LogP contribution is -2.09. The van der Waals surface area contributed by atoms with Crippen molar-refractivity contribution in [3.05, 3.63) is 41.3 Å². The summed E-state index contributed by atoms with van der Waals surface area (Å²) >= 11 is 5.46. The molecule has 0 amide bonds. The second-order valence-electron chi connectivity index (χ2n) is 3.61. The molecule has 0 radical (unpaired) electrons. The van der Waals surface area contributed by atoms with E-state index >= 15 is 0 Å². The average molecular weight is 305 g/mol. The van der Waals surface area contributed by atoms with Crippen molar-refractivity contribution in [3.63, 3.8) is 0 Å². The SMILES string of the molecule is COc1ccccc1Oc1cc(C(F)(F)F)nc(Cl)n1. The zero-order valence-electron chi connectivity index (χ0n) is 10.1. The number of para-hydroxylation sites is 2. The van der Waals surface area contributed by atoms with Gasteiger partial charge in [-0.05, 0) is 23.7 Å². The van der Waals surface area contributed by atoms with Gasteiger partial charge < -0.3 is 9.47 Å². The van der Waals surface area contributed by atoms with Crippen LogP contribution < -0.4 is 9.47 Å². The molecule has 4 nitrogen and oxygen atoms in total. The molecule has 2 rings (SSSR count). The third-order valence-electron chi connectivity index (χ3n) is 2.25. The van der Waals surface area contributed by atoms with Crippen LogP contribution in [0.5, 0.6) is 17.4 Å². The zero-order chi connectivity index (χ0) is 14.8. The molecule has 0 bridgehead atoms. The molecule has 0 aliphatic heterocycles. The fourth-order valence-electron chi connectivity index (χ4n) is 1.41. The van der Waals surface area contributed by atoms with Crippen molar-refractivity contribution < 1.29 is 22.6 Å². The third kappa shape index (κ3) is 3.30. The van der Waals surface area contributed by atoms with Crippen LogP contribution >= 0.6 is 11.6 Å². The molecule has 0 aliphatic rings. The predicted octanol–water partition coefficient (Wildman–Crippen LogP) is 3.95. The van der Waals surface area contributed by atoms with E-state index in [-0.39, 0.29) is 11.6 Å². The van der Waals surface area contributed by atoms with Crippen molar-refractivity contribution in [2.45, 2.75) is 6.18 Å². The molecule has 0 saturated heterocycles. The van der Waals surface area contributed by atoms with E-state index in [9.17, 15) is 13.2 Å². The first-order valence-corrected chi connectivity index (χ1v) is 5.70. The van der Waals surface area contributed by atoms with E-state index in [0.717, 1.165) is 0 Å². The van der Waals surface area contributed by atoms with Crippen LogP contribution in [0, 0.1) is 0 Å². The highest BCUT2D eigenvalue weighted by atomic mass is 35.5. The van der Waals surface area contributed by atoms with Crippen molar-refractivity contribution >= 4 is 11.6 Å². The second-order valence-corrected chi connectivity index (χ2v) is 3.95. The van der Waals surface area contributed by atoms with Crippen molar-refractivity contribution in [1.29, 1.82) is 0 Å². The second kappa shape index (κ2) is 5.54. The molecular formula is C12H8ClF3N2O2. The molecule has 1 heterocycles. The Balaban J connectivity index is 2.36. The number of nitrogens with zero attached hydrogens (tertiary/aromatic N) is 2. The molecule has 0 atom stereocenters. The maximum Gasteiger partial charge on any atom is 0.433 e. The van der Waals surface area contributed by atoms with Crippen LogP contribution in [0.25, 0.3) is 0 Å². The lowest BCUT2D eigenvalue weighted by molar-refractivity contribution is -0.141. The van der Waals surface area contributed by atoms with Crippen molar-refractivity contribution in [2.75, 3.05) is 7.11 Å².